The molecule has 4 atom stereocenters. The van der Waals surface area contributed by atoms with Gasteiger partial charge in [0.1, 0.15) is 12.2 Å². The number of aliphatic hydroxyl groups is 2. The molecule has 9 heteroatoms. The number of hydrogen-bond acceptors (Lipinski definition) is 6. The van der Waals surface area contributed by atoms with Gasteiger partial charge in [0.05, 0.1) is 6.10 Å². The SMILES string of the molecule is C[C@]1(OP(=O)(O)O)O[C@H](CS)[C@@H](O)[C@H]1O. The maximum Gasteiger partial charge on any atom is 0.472 e. The van der Waals surface area contributed by atoms with Crippen molar-refractivity contribution in [1.29, 1.82) is 0 Å². The molecule has 0 aliphatic carbocycles. The lowest BCUT2D eigenvalue weighted by Gasteiger charge is -2.27. The van der Waals surface area contributed by atoms with E-state index in [0.29, 0.717) is 0 Å². The van der Waals surface area contributed by atoms with Crippen molar-refractivity contribution in [2.75, 3.05) is 5.75 Å². The number of aliphatic hydroxyl groups excluding tert-OH is 2. The Bertz CT molecular complexity index is 281. The molecule has 90 valence electrons. The summed E-state index contributed by atoms with van der Waals surface area (Å²) in [4.78, 5) is 17.2. The van der Waals surface area contributed by atoms with Crippen molar-refractivity contribution in [3.8, 4) is 0 Å². The predicted octanol–water partition coefficient (Wildman–Crippen LogP) is -1.14. The summed E-state index contributed by atoms with van der Waals surface area (Å²) in [5, 5.41) is 18.9. The van der Waals surface area contributed by atoms with Gasteiger partial charge < -0.3 is 24.7 Å². The molecule has 0 spiro atoms. The van der Waals surface area contributed by atoms with Gasteiger partial charge in [0.2, 0.25) is 5.79 Å². The van der Waals surface area contributed by atoms with Gasteiger partial charge in [-0.1, -0.05) is 0 Å². The molecule has 1 heterocycles. The molecule has 0 aromatic heterocycles. The minimum Gasteiger partial charge on any atom is -0.387 e. The van der Waals surface area contributed by atoms with Crippen LogP contribution in [0.5, 0.6) is 0 Å². The fourth-order valence-corrected chi connectivity index (χ4v) is 2.32. The van der Waals surface area contributed by atoms with E-state index >= 15 is 0 Å². The van der Waals surface area contributed by atoms with Crippen LogP contribution in [0.4, 0.5) is 0 Å². The van der Waals surface area contributed by atoms with E-state index in [4.69, 9.17) is 14.5 Å². The van der Waals surface area contributed by atoms with Gasteiger partial charge in [-0.3, -0.25) is 4.52 Å². The van der Waals surface area contributed by atoms with Gasteiger partial charge in [-0.15, -0.1) is 0 Å². The first-order chi connectivity index (χ1) is 6.69. The molecule has 15 heavy (non-hydrogen) atoms. The Morgan fingerprint density at radius 3 is 2.40 bits per heavy atom. The molecule has 0 aromatic carbocycles. The molecule has 1 rings (SSSR count). The first kappa shape index (κ1) is 13.4. The van der Waals surface area contributed by atoms with Crippen molar-refractivity contribution in [1.82, 2.24) is 0 Å². The highest BCUT2D eigenvalue weighted by Gasteiger charge is 2.54. The quantitative estimate of drug-likeness (QED) is 0.322. The fourth-order valence-electron chi connectivity index (χ4n) is 1.41. The molecule has 0 bridgehead atoms. The van der Waals surface area contributed by atoms with E-state index in [2.05, 4.69) is 17.2 Å². The summed E-state index contributed by atoms with van der Waals surface area (Å²) in [7, 11) is -4.80. The summed E-state index contributed by atoms with van der Waals surface area (Å²) >= 11 is 3.86. The Morgan fingerprint density at radius 2 is 2.07 bits per heavy atom. The summed E-state index contributed by atoms with van der Waals surface area (Å²) in [6, 6.07) is 0. The van der Waals surface area contributed by atoms with Crippen LogP contribution in [0, 0.1) is 0 Å². The lowest BCUT2D eigenvalue weighted by Crippen LogP contribution is -2.42. The number of hydrogen-bond donors (Lipinski definition) is 5. The van der Waals surface area contributed by atoms with E-state index in [1.54, 1.807) is 0 Å². The average molecular weight is 260 g/mol. The first-order valence-electron chi connectivity index (χ1n) is 4.11. The standard InChI is InChI=1S/C6H13O7PS/c1-6(13-14(9,10)11)5(8)4(7)3(2-15)12-6/h3-5,7-8,15H,2H2,1H3,(H2,9,10,11)/t3-,4-,5-,6-/m1/s1. The fraction of sp³-hybridized carbons (Fsp3) is 1.00. The van der Waals surface area contributed by atoms with E-state index in [9.17, 15) is 14.8 Å². The Labute approximate surface area is 91.7 Å². The van der Waals surface area contributed by atoms with Crippen LogP contribution in [-0.4, -0.2) is 49.9 Å². The van der Waals surface area contributed by atoms with E-state index < -0.39 is 31.9 Å². The number of thiol groups is 1. The Balaban J connectivity index is 2.82. The van der Waals surface area contributed by atoms with Gasteiger partial charge in [-0.05, 0) is 6.92 Å². The minimum atomic E-state index is -4.80. The summed E-state index contributed by atoms with van der Waals surface area (Å²) in [6.45, 7) is 1.14. The Morgan fingerprint density at radius 1 is 1.53 bits per heavy atom. The van der Waals surface area contributed by atoms with Crippen LogP contribution in [-0.2, 0) is 13.8 Å². The molecule has 0 unspecified atom stereocenters. The van der Waals surface area contributed by atoms with Crippen molar-refractivity contribution < 1.29 is 33.8 Å². The van der Waals surface area contributed by atoms with Crippen LogP contribution >= 0.6 is 20.5 Å². The van der Waals surface area contributed by atoms with E-state index in [0.717, 1.165) is 6.92 Å². The molecule has 4 N–H and O–H groups in total. The van der Waals surface area contributed by atoms with Gasteiger partial charge >= 0.3 is 7.82 Å². The van der Waals surface area contributed by atoms with Crippen molar-refractivity contribution in [2.24, 2.45) is 0 Å². The summed E-state index contributed by atoms with van der Waals surface area (Å²) in [5.41, 5.74) is 0. The van der Waals surface area contributed by atoms with E-state index in [1.165, 1.54) is 0 Å². The second-order valence-electron chi connectivity index (χ2n) is 3.37. The van der Waals surface area contributed by atoms with Gasteiger partial charge in [-0.2, -0.15) is 12.6 Å². The molecule has 0 amide bonds. The van der Waals surface area contributed by atoms with Crippen molar-refractivity contribution in [3.63, 3.8) is 0 Å². The lowest BCUT2D eigenvalue weighted by molar-refractivity contribution is -0.201. The first-order valence-corrected chi connectivity index (χ1v) is 6.27. The van der Waals surface area contributed by atoms with Gasteiger partial charge in [-0.25, -0.2) is 4.57 Å². The predicted molar refractivity (Wildman–Crippen MR) is 52.3 cm³/mol. The maximum atomic E-state index is 10.6. The van der Waals surface area contributed by atoms with Crippen molar-refractivity contribution in [3.05, 3.63) is 0 Å². The largest absolute Gasteiger partial charge is 0.472 e. The van der Waals surface area contributed by atoms with Crippen molar-refractivity contribution >= 4 is 20.5 Å². The molecule has 1 aliphatic heterocycles. The smallest absolute Gasteiger partial charge is 0.387 e. The summed E-state index contributed by atoms with van der Waals surface area (Å²) in [6.07, 6.45) is -3.67. The molecule has 0 saturated carbocycles. The lowest BCUT2D eigenvalue weighted by atomic mass is 10.1. The van der Waals surface area contributed by atoms with Crippen LogP contribution in [0.2, 0.25) is 0 Å². The molecule has 1 aliphatic rings. The van der Waals surface area contributed by atoms with Crippen LogP contribution in [0.3, 0.4) is 0 Å². The highest BCUT2D eigenvalue weighted by Crippen LogP contribution is 2.46. The number of phosphoric acid groups is 1. The third-order valence-corrected chi connectivity index (χ3v) is 3.07. The summed E-state index contributed by atoms with van der Waals surface area (Å²) in [5.74, 6) is -1.83. The zero-order valence-corrected chi connectivity index (χ0v) is 9.64. The topological polar surface area (TPSA) is 116 Å². The van der Waals surface area contributed by atoms with Crippen LogP contribution in [0.15, 0.2) is 0 Å². The average Bonchev–Trinajstić information content (AvgIpc) is 2.27. The summed E-state index contributed by atoms with van der Waals surface area (Å²) < 4.78 is 19.9. The third-order valence-electron chi connectivity index (χ3n) is 2.11. The normalized spacial score (nSPS) is 42.1. The van der Waals surface area contributed by atoms with Crippen LogP contribution in [0.1, 0.15) is 6.92 Å². The second-order valence-corrected chi connectivity index (χ2v) is 4.90. The number of phosphoric ester groups is 1. The zero-order valence-electron chi connectivity index (χ0n) is 7.85. The Hall–Kier alpha value is 0.340. The molecular weight excluding hydrogens is 247 g/mol. The third kappa shape index (κ3) is 2.92. The number of ether oxygens (including phenoxy) is 1. The molecule has 1 saturated heterocycles. The van der Waals surface area contributed by atoms with Crippen molar-refractivity contribution in [2.45, 2.75) is 31.0 Å². The second kappa shape index (κ2) is 4.31. The molecule has 7 nitrogen and oxygen atoms in total. The zero-order chi connectivity index (χ0) is 11.9. The van der Waals surface area contributed by atoms with Gasteiger partial charge in [0.15, 0.2) is 0 Å². The van der Waals surface area contributed by atoms with Crippen LogP contribution < -0.4 is 0 Å². The Kier molecular flexibility index (Phi) is 3.85. The monoisotopic (exact) mass is 260 g/mol. The maximum absolute atomic E-state index is 10.6. The molecule has 1 fully saturated rings. The minimum absolute atomic E-state index is 0.0956. The number of rotatable bonds is 3. The van der Waals surface area contributed by atoms with Gasteiger partial charge in [0, 0.05) is 5.75 Å². The highest BCUT2D eigenvalue weighted by atomic mass is 32.1. The van der Waals surface area contributed by atoms with E-state index in [1.807, 2.05) is 0 Å². The molecule has 0 aromatic rings. The molecular formula is C6H13O7PS. The van der Waals surface area contributed by atoms with Gasteiger partial charge in [0.25, 0.3) is 0 Å². The van der Waals surface area contributed by atoms with E-state index in [-0.39, 0.29) is 5.75 Å². The highest BCUT2D eigenvalue weighted by molar-refractivity contribution is 7.80. The van der Waals surface area contributed by atoms with Crippen LogP contribution in [0.25, 0.3) is 0 Å². The molecule has 0 radical (unpaired) electrons.